The van der Waals surface area contributed by atoms with E-state index >= 15 is 0 Å². The molecular weight excluding hydrogens is 767 g/mol. The lowest BCUT2D eigenvalue weighted by atomic mass is 10.0. The lowest BCUT2D eigenvalue weighted by Gasteiger charge is -2.20. The quantitative estimate of drug-likeness (QED) is 0.0306. The monoisotopic (exact) mass is 863 g/mol. The number of unbranched alkanes of at least 4 members (excludes halogenated alkanes) is 34. The largest absolute Gasteiger partial charge is 0.472 e. The number of phosphoric ester groups is 1. The summed E-state index contributed by atoms with van der Waals surface area (Å²) < 4.78 is 32.8. The lowest BCUT2D eigenvalue weighted by molar-refractivity contribution is -0.161. The molecule has 0 radical (unpaired) electrons. The molecule has 1 unspecified atom stereocenters. The van der Waals surface area contributed by atoms with Gasteiger partial charge in [-0.25, -0.2) is 4.57 Å². The predicted molar refractivity (Wildman–Crippen MR) is 242 cm³/mol. The van der Waals surface area contributed by atoms with E-state index in [1.807, 2.05) is 0 Å². The molecule has 0 bridgehead atoms. The fourth-order valence-electron chi connectivity index (χ4n) is 7.41. The molecular formula is C48H95O10P. The molecule has 0 saturated carbocycles. The molecule has 0 fully saturated rings. The Morgan fingerprint density at radius 1 is 0.441 bits per heavy atom. The van der Waals surface area contributed by atoms with Gasteiger partial charge in [0, 0.05) is 12.8 Å². The van der Waals surface area contributed by atoms with Crippen LogP contribution in [0.1, 0.15) is 258 Å². The van der Waals surface area contributed by atoms with E-state index in [9.17, 15) is 24.2 Å². The molecule has 10 nitrogen and oxygen atoms in total. The highest BCUT2D eigenvalue weighted by Gasteiger charge is 2.27. The summed E-state index contributed by atoms with van der Waals surface area (Å²) >= 11 is 0. The van der Waals surface area contributed by atoms with Gasteiger partial charge in [-0.3, -0.25) is 18.6 Å². The summed E-state index contributed by atoms with van der Waals surface area (Å²) in [5.74, 6) is -0.904. The summed E-state index contributed by atoms with van der Waals surface area (Å²) in [5.41, 5.74) is 0. The maximum atomic E-state index is 12.6. The van der Waals surface area contributed by atoms with Crippen molar-refractivity contribution in [1.29, 1.82) is 0 Å². The van der Waals surface area contributed by atoms with Crippen LogP contribution in [0.3, 0.4) is 0 Å². The Hall–Kier alpha value is -1.03. The molecule has 0 aliphatic heterocycles. The van der Waals surface area contributed by atoms with Crippen molar-refractivity contribution in [1.82, 2.24) is 0 Å². The number of rotatable bonds is 48. The molecule has 0 saturated heterocycles. The summed E-state index contributed by atoms with van der Waals surface area (Å²) in [6.07, 6.45) is 43.6. The summed E-state index contributed by atoms with van der Waals surface area (Å²) in [4.78, 5) is 35.1. The van der Waals surface area contributed by atoms with Crippen LogP contribution < -0.4 is 0 Å². The van der Waals surface area contributed by atoms with Crippen molar-refractivity contribution in [3.05, 3.63) is 0 Å². The van der Waals surface area contributed by atoms with E-state index in [0.29, 0.717) is 12.8 Å². The minimum Gasteiger partial charge on any atom is -0.462 e. The number of carbonyl (C=O) groups is 2. The maximum Gasteiger partial charge on any atom is 0.472 e. The van der Waals surface area contributed by atoms with Gasteiger partial charge in [-0.15, -0.1) is 0 Å². The van der Waals surface area contributed by atoms with E-state index in [4.69, 9.17) is 23.6 Å². The Morgan fingerprint density at radius 3 is 1.05 bits per heavy atom. The van der Waals surface area contributed by atoms with E-state index in [0.717, 1.165) is 32.1 Å². The molecule has 0 heterocycles. The van der Waals surface area contributed by atoms with E-state index < -0.39 is 51.8 Å². The fourth-order valence-corrected chi connectivity index (χ4v) is 8.20. The summed E-state index contributed by atoms with van der Waals surface area (Å²) in [7, 11) is -4.61. The number of hydrogen-bond donors (Lipinski definition) is 3. The summed E-state index contributed by atoms with van der Waals surface area (Å²) in [6, 6.07) is 0. The number of aliphatic hydroxyl groups excluding tert-OH is 2. The van der Waals surface area contributed by atoms with Crippen LogP contribution in [0, 0.1) is 0 Å². The lowest BCUT2D eigenvalue weighted by Crippen LogP contribution is -2.29. The molecule has 0 amide bonds. The van der Waals surface area contributed by atoms with Crippen LogP contribution in [0.15, 0.2) is 0 Å². The molecule has 0 aromatic heterocycles. The topological polar surface area (TPSA) is 149 Å². The Kier molecular flexibility index (Phi) is 44.2. The Morgan fingerprint density at radius 2 is 0.729 bits per heavy atom. The van der Waals surface area contributed by atoms with Gasteiger partial charge in [0.05, 0.1) is 19.8 Å². The second kappa shape index (κ2) is 45.0. The molecule has 0 rings (SSSR count). The summed E-state index contributed by atoms with van der Waals surface area (Å²) in [5, 5.41) is 18.4. The molecule has 0 aromatic carbocycles. The van der Waals surface area contributed by atoms with Crippen LogP contribution in [-0.4, -0.2) is 65.7 Å². The van der Waals surface area contributed by atoms with Gasteiger partial charge in [-0.2, -0.15) is 0 Å². The van der Waals surface area contributed by atoms with Gasteiger partial charge >= 0.3 is 19.8 Å². The second-order valence-corrected chi connectivity index (χ2v) is 18.7. The minimum atomic E-state index is -4.61. The van der Waals surface area contributed by atoms with Crippen LogP contribution >= 0.6 is 7.82 Å². The van der Waals surface area contributed by atoms with Crippen LogP contribution in [0.2, 0.25) is 0 Å². The highest BCUT2D eigenvalue weighted by atomic mass is 31.2. The highest BCUT2D eigenvalue weighted by Crippen LogP contribution is 2.43. The standard InChI is InChI=1S/C48H95O10P/c1-3-5-7-9-11-13-15-17-19-20-21-22-23-24-25-26-28-29-31-33-35-37-39-47(51)55-43-46(44-57-59(53,54)56-42-45(50)41-49)58-48(52)40-38-36-34-32-30-27-18-16-14-12-10-8-6-4-2/h45-46,49-50H,3-44H2,1-2H3,(H,53,54)/t45-,46-/m1/s1. The number of carbonyl (C=O) groups excluding carboxylic acids is 2. The van der Waals surface area contributed by atoms with Gasteiger partial charge in [-0.1, -0.05) is 232 Å². The number of esters is 2. The molecule has 0 spiro atoms. The first-order chi connectivity index (χ1) is 28.7. The first-order valence-electron chi connectivity index (χ1n) is 25.0. The third-order valence-corrected chi connectivity index (χ3v) is 12.2. The molecule has 0 aliphatic carbocycles. The number of aliphatic hydroxyl groups is 2. The maximum absolute atomic E-state index is 12.6. The molecule has 11 heteroatoms. The van der Waals surface area contributed by atoms with Crippen molar-refractivity contribution in [2.24, 2.45) is 0 Å². The molecule has 0 aromatic rings. The number of hydrogen-bond acceptors (Lipinski definition) is 9. The highest BCUT2D eigenvalue weighted by molar-refractivity contribution is 7.47. The van der Waals surface area contributed by atoms with E-state index in [1.54, 1.807) is 0 Å². The van der Waals surface area contributed by atoms with Gasteiger partial charge < -0.3 is 24.6 Å². The van der Waals surface area contributed by atoms with Crippen molar-refractivity contribution in [2.75, 3.05) is 26.4 Å². The number of phosphoric acid groups is 1. The predicted octanol–water partition coefficient (Wildman–Crippen LogP) is 13.8. The van der Waals surface area contributed by atoms with Crippen LogP contribution in [0.5, 0.6) is 0 Å². The van der Waals surface area contributed by atoms with E-state index in [1.165, 1.54) is 186 Å². The van der Waals surface area contributed by atoms with Gasteiger partial charge in [0.15, 0.2) is 6.10 Å². The Balaban J connectivity index is 4.09. The zero-order valence-corrected chi connectivity index (χ0v) is 39.4. The van der Waals surface area contributed by atoms with Crippen molar-refractivity contribution in [3.63, 3.8) is 0 Å². The minimum absolute atomic E-state index is 0.192. The molecule has 59 heavy (non-hydrogen) atoms. The molecule has 352 valence electrons. The SMILES string of the molecule is CCCCCCCCCCCCCCCCCCCCCCCCC(=O)OC[C@H](COP(=O)(O)OC[C@H](O)CO)OC(=O)CCCCCCCCCCCCCCCC. The molecule has 3 N–H and O–H groups in total. The number of ether oxygens (including phenoxy) is 2. The van der Waals surface area contributed by atoms with Gasteiger partial charge in [0.2, 0.25) is 0 Å². The first kappa shape index (κ1) is 58.0. The smallest absolute Gasteiger partial charge is 0.462 e. The normalized spacial score (nSPS) is 13.6. The van der Waals surface area contributed by atoms with E-state index in [2.05, 4.69) is 13.8 Å². The van der Waals surface area contributed by atoms with Crippen molar-refractivity contribution < 1.29 is 47.8 Å². The Labute approximate surface area is 363 Å². The summed E-state index contributed by atoms with van der Waals surface area (Å²) in [6.45, 7) is 2.44. The Bertz CT molecular complexity index is 951. The third-order valence-electron chi connectivity index (χ3n) is 11.3. The fraction of sp³-hybridized carbons (Fsp3) is 0.958. The van der Waals surface area contributed by atoms with Crippen LogP contribution in [0.4, 0.5) is 0 Å². The van der Waals surface area contributed by atoms with Gasteiger partial charge in [0.1, 0.15) is 12.7 Å². The third kappa shape index (κ3) is 44.8. The molecule has 3 atom stereocenters. The van der Waals surface area contributed by atoms with Crippen molar-refractivity contribution in [2.45, 2.75) is 270 Å². The van der Waals surface area contributed by atoms with Crippen molar-refractivity contribution >= 4 is 19.8 Å². The van der Waals surface area contributed by atoms with Crippen molar-refractivity contribution in [3.8, 4) is 0 Å². The first-order valence-corrected chi connectivity index (χ1v) is 26.5. The molecule has 0 aliphatic rings. The average molecular weight is 863 g/mol. The van der Waals surface area contributed by atoms with Gasteiger partial charge in [-0.05, 0) is 12.8 Å². The zero-order valence-electron chi connectivity index (χ0n) is 38.5. The average Bonchev–Trinajstić information content (AvgIpc) is 3.22. The van der Waals surface area contributed by atoms with Gasteiger partial charge in [0.25, 0.3) is 0 Å². The zero-order chi connectivity index (χ0) is 43.3. The second-order valence-electron chi connectivity index (χ2n) is 17.2. The van der Waals surface area contributed by atoms with E-state index in [-0.39, 0.29) is 19.4 Å². The van der Waals surface area contributed by atoms with Crippen LogP contribution in [0.25, 0.3) is 0 Å². The van der Waals surface area contributed by atoms with Crippen LogP contribution in [-0.2, 0) is 32.7 Å².